The second-order valence-electron chi connectivity index (χ2n) is 17.4. The van der Waals surface area contributed by atoms with E-state index in [9.17, 15) is 24.6 Å². The van der Waals surface area contributed by atoms with Crippen LogP contribution < -0.4 is 20.3 Å². The van der Waals surface area contributed by atoms with Crippen molar-refractivity contribution in [2.45, 2.75) is 90.3 Å². The van der Waals surface area contributed by atoms with Gasteiger partial charge in [-0.15, -0.1) is 0 Å². The number of fused-ring (bicyclic) bond motifs is 2. The number of anilines is 2. The third-order valence-electron chi connectivity index (χ3n) is 13.5. The first-order valence-corrected chi connectivity index (χ1v) is 20.4. The first kappa shape index (κ1) is 40.7. The van der Waals surface area contributed by atoms with Gasteiger partial charge in [0.2, 0.25) is 11.8 Å². The Kier molecular flexibility index (Phi) is 11.7. The van der Waals surface area contributed by atoms with E-state index in [0.717, 1.165) is 35.2 Å². The highest BCUT2D eigenvalue weighted by Crippen LogP contribution is 2.61. The molecule has 3 aliphatic carbocycles. The number of nitrogens with one attached hydrogen (secondary N) is 2. The Morgan fingerprint density at radius 1 is 1.04 bits per heavy atom. The van der Waals surface area contributed by atoms with Crippen molar-refractivity contribution >= 4 is 29.1 Å². The first-order valence-electron chi connectivity index (χ1n) is 20.4. The average Bonchev–Trinajstić information content (AvgIpc) is 3.84. The quantitative estimate of drug-likeness (QED) is 0.192. The number of methoxy groups -OCH3 is 1. The van der Waals surface area contributed by atoms with E-state index in [-0.39, 0.29) is 42.3 Å². The van der Waals surface area contributed by atoms with Crippen molar-refractivity contribution in [3.8, 4) is 16.9 Å². The molecular weight excluding hydrogens is 723 g/mol. The minimum atomic E-state index is -0.920. The van der Waals surface area contributed by atoms with Crippen LogP contribution in [0.1, 0.15) is 69.3 Å². The van der Waals surface area contributed by atoms with Crippen LogP contribution in [0, 0.1) is 29.1 Å². The van der Waals surface area contributed by atoms with Gasteiger partial charge in [0.1, 0.15) is 23.9 Å². The minimum Gasteiger partial charge on any atom is -0.496 e. The van der Waals surface area contributed by atoms with E-state index in [1.165, 1.54) is 6.42 Å². The summed E-state index contributed by atoms with van der Waals surface area (Å²) in [6, 6.07) is 19.2. The summed E-state index contributed by atoms with van der Waals surface area (Å²) in [7, 11) is 5.42. The largest absolute Gasteiger partial charge is 0.496 e. The van der Waals surface area contributed by atoms with Gasteiger partial charge in [-0.05, 0) is 91.7 Å². The number of benzene rings is 3. The monoisotopic (exact) mass is 781 g/mol. The number of ether oxygens (including phenoxy) is 1. The lowest BCUT2D eigenvalue weighted by Crippen LogP contribution is -2.62. The van der Waals surface area contributed by atoms with Crippen LogP contribution >= 0.6 is 0 Å². The molecule has 2 heterocycles. The maximum Gasteiger partial charge on any atom is 0.254 e. The Hall–Kier alpha value is -4.49. The topological polar surface area (TPSA) is 144 Å². The SMILES string of the molecule is COc1c(CN2O[C@@H](CO)C(C(C)O)[C@H]2C(=O)N[C@H]2C[C@H]3C[C@@H]([C@@H]2C)C3(C)C)cccc1-c1cc(C(=O)N2CCC[C@H]2C(=O)Nc2ccccc2)cc(N(C)C)c1. The van der Waals surface area contributed by atoms with Gasteiger partial charge in [0, 0.05) is 60.7 Å². The lowest BCUT2D eigenvalue weighted by atomic mass is 9.45. The second-order valence-corrected chi connectivity index (χ2v) is 17.4. The van der Waals surface area contributed by atoms with Crippen LogP contribution in [0.3, 0.4) is 0 Å². The summed E-state index contributed by atoms with van der Waals surface area (Å²) < 4.78 is 6.10. The number of amides is 3. The Bertz CT molecular complexity index is 1950. The molecule has 2 bridgehead atoms. The molecule has 12 heteroatoms. The van der Waals surface area contributed by atoms with Gasteiger partial charge in [0.05, 0.1) is 26.4 Å². The van der Waals surface area contributed by atoms with Crippen LogP contribution in [0.15, 0.2) is 66.7 Å². The molecule has 5 aliphatic rings. The van der Waals surface area contributed by atoms with Gasteiger partial charge in [-0.25, -0.2) is 0 Å². The summed E-state index contributed by atoms with van der Waals surface area (Å²) in [4.78, 5) is 51.9. The van der Waals surface area contributed by atoms with Crippen molar-refractivity contribution in [3.63, 3.8) is 0 Å². The molecule has 3 aromatic rings. The molecular formula is C45H59N5O7. The van der Waals surface area contributed by atoms with Crippen molar-refractivity contribution in [1.29, 1.82) is 0 Å². The van der Waals surface area contributed by atoms with E-state index in [2.05, 4.69) is 31.4 Å². The highest BCUT2D eigenvalue weighted by molar-refractivity contribution is 6.02. The second kappa shape index (κ2) is 16.4. The van der Waals surface area contributed by atoms with Crippen molar-refractivity contribution in [1.82, 2.24) is 15.3 Å². The number of para-hydroxylation sites is 2. The summed E-state index contributed by atoms with van der Waals surface area (Å²) >= 11 is 0. The van der Waals surface area contributed by atoms with Crippen molar-refractivity contribution < 1.29 is 34.2 Å². The molecule has 9 atom stereocenters. The van der Waals surface area contributed by atoms with Crippen molar-refractivity contribution in [2.75, 3.05) is 44.6 Å². The fourth-order valence-electron chi connectivity index (χ4n) is 10.2. The molecule has 8 rings (SSSR count). The van der Waals surface area contributed by atoms with E-state index < -0.39 is 30.2 Å². The van der Waals surface area contributed by atoms with Gasteiger partial charge in [-0.1, -0.05) is 57.2 Å². The van der Waals surface area contributed by atoms with Crippen molar-refractivity contribution in [3.05, 3.63) is 77.9 Å². The molecule has 2 saturated heterocycles. The van der Waals surface area contributed by atoms with Crippen LogP contribution in [-0.2, 0) is 21.0 Å². The van der Waals surface area contributed by atoms with E-state index in [0.29, 0.717) is 47.7 Å². The standard InChI is InChI=1S/C45H59N5O7/c1-26-35-22-31(45(35,3)4)23-36(26)47-43(54)40-39(27(2)52)38(25-51)57-50(40)24-28-13-11-16-34(41(28)56-7)29-19-30(21-33(20-29)48(5)6)44(55)49-18-12-17-37(49)42(53)46-32-14-9-8-10-15-32/h8-11,13-16,19-21,26-27,31,35-40,51-52H,12,17-18,22-25H2,1-7H3,(H,46,53)(H,47,54)/t26-,27?,31+,35-,36-,37-,38-,39?,40-/m0/s1. The Morgan fingerprint density at radius 2 is 1.79 bits per heavy atom. The Balaban J connectivity index is 1.16. The summed E-state index contributed by atoms with van der Waals surface area (Å²) in [5, 5.41) is 29.3. The maximum absolute atomic E-state index is 14.3. The molecule has 57 heavy (non-hydrogen) atoms. The van der Waals surface area contributed by atoms with Crippen molar-refractivity contribution in [2.24, 2.45) is 29.1 Å². The molecule has 2 aliphatic heterocycles. The number of rotatable bonds is 12. The van der Waals surface area contributed by atoms with E-state index >= 15 is 0 Å². The molecule has 4 N–H and O–H groups in total. The molecule has 3 saturated carbocycles. The highest BCUT2D eigenvalue weighted by atomic mass is 16.7. The predicted molar refractivity (Wildman–Crippen MR) is 219 cm³/mol. The minimum absolute atomic E-state index is 0.0202. The van der Waals surface area contributed by atoms with Crippen LogP contribution in [0.5, 0.6) is 5.75 Å². The molecule has 5 fully saturated rings. The Labute approximate surface area is 336 Å². The van der Waals surface area contributed by atoms with Gasteiger partial charge >= 0.3 is 0 Å². The van der Waals surface area contributed by atoms with E-state index in [1.807, 2.05) is 85.7 Å². The van der Waals surface area contributed by atoms with Gasteiger partial charge in [0.25, 0.3) is 5.91 Å². The first-order chi connectivity index (χ1) is 27.2. The normalized spacial score (nSPS) is 28.3. The fourth-order valence-corrected chi connectivity index (χ4v) is 10.2. The molecule has 2 unspecified atom stereocenters. The van der Waals surface area contributed by atoms with Gasteiger partial charge < -0.3 is 35.4 Å². The smallest absolute Gasteiger partial charge is 0.254 e. The van der Waals surface area contributed by atoms with E-state index in [4.69, 9.17) is 9.57 Å². The number of hydrogen-bond acceptors (Lipinski definition) is 9. The van der Waals surface area contributed by atoms with Gasteiger partial charge in [0.15, 0.2) is 0 Å². The van der Waals surface area contributed by atoms with Gasteiger partial charge in [-0.3, -0.25) is 19.2 Å². The zero-order valence-corrected chi connectivity index (χ0v) is 34.3. The summed E-state index contributed by atoms with van der Waals surface area (Å²) in [5.74, 6) is 0.634. The summed E-state index contributed by atoms with van der Waals surface area (Å²) in [6.45, 7) is 8.78. The molecule has 0 spiro atoms. The van der Waals surface area contributed by atoms with Crippen LogP contribution in [0.4, 0.5) is 11.4 Å². The Morgan fingerprint density at radius 3 is 2.44 bits per heavy atom. The molecule has 0 radical (unpaired) electrons. The zero-order valence-electron chi connectivity index (χ0n) is 34.3. The summed E-state index contributed by atoms with van der Waals surface area (Å²) in [6.07, 6.45) is 1.70. The maximum atomic E-state index is 14.3. The number of carbonyl (C=O) groups is 3. The summed E-state index contributed by atoms with van der Waals surface area (Å²) in [5.41, 5.74) is 4.41. The van der Waals surface area contributed by atoms with Gasteiger partial charge in [-0.2, -0.15) is 5.06 Å². The predicted octanol–water partition coefficient (Wildman–Crippen LogP) is 5.33. The number of hydroxylamine groups is 2. The average molecular weight is 782 g/mol. The number of aliphatic hydroxyl groups excluding tert-OH is 2. The van der Waals surface area contributed by atoms with Crippen LogP contribution in [-0.4, -0.2) is 103 Å². The lowest BCUT2D eigenvalue weighted by molar-refractivity contribution is -0.183. The molecule has 3 amide bonds. The van der Waals surface area contributed by atoms with Crippen LogP contribution in [0.2, 0.25) is 0 Å². The highest BCUT2D eigenvalue weighted by Gasteiger charge is 2.57. The zero-order chi connectivity index (χ0) is 40.8. The molecule has 0 aromatic heterocycles. The third kappa shape index (κ3) is 7.77. The molecule has 306 valence electrons. The number of nitrogens with zero attached hydrogens (tertiary/aromatic N) is 3. The lowest BCUT2D eigenvalue weighted by Gasteiger charge is -2.62. The molecule has 3 aromatic carbocycles. The van der Waals surface area contributed by atoms with Crippen LogP contribution in [0.25, 0.3) is 11.1 Å². The van der Waals surface area contributed by atoms with E-state index in [1.54, 1.807) is 24.0 Å². The third-order valence-corrected chi connectivity index (χ3v) is 13.5. The number of hydrogen-bond donors (Lipinski definition) is 4. The fraction of sp³-hybridized carbons (Fsp3) is 0.533. The molecule has 12 nitrogen and oxygen atoms in total. The number of aliphatic hydroxyl groups is 2. The number of carbonyl (C=O) groups excluding carboxylic acids is 3. The number of likely N-dealkylation sites (tertiary alicyclic amines) is 1.